The maximum Gasteiger partial charge on any atom is 0.311 e. The van der Waals surface area contributed by atoms with Gasteiger partial charge in [-0.2, -0.15) is 0 Å². The number of rotatable bonds is 4. The highest BCUT2D eigenvalue weighted by Crippen LogP contribution is 2.45. The van der Waals surface area contributed by atoms with Crippen molar-refractivity contribution in [1.82, 2.24) is 0 Å². The summed E-state index contributed by atoms with van der Waals surface area (Å²) in [5.41, 5.74) is 0.226. The van der Waals surface area contributed by atoms with Gasteiger partial charge in [-0.25, -0.2) is 0 Å². The van der Waals surface area contributed by atoms with E-state index in [1.807, 2.05) is 0 Å². The van der Waals surface area contributed by atoms with Crippen LogP contribution in [0.2, 0.25) is 0 Å². The number of nitro benzene ring substituents is 1. The van der Waals surface area contributed by atoms with E-state index in [1.165, 1.54) is 12.1 Å². The van der Waals surface area contributed by atoms with E-state index in [2.05, 4.69) is 0 Å². The van der Waals surface area contributed by atoms with Gasteiger partial charge < -0.3 is 5.11 Å². The minimum atomic E-state index is -0.975. The normalized spacial score (nSPS) is 16.8. The molecular formula is C11H11NO4. The summed E-state index contributed by atoms with van der Waals surface area (Å²) in [6, 6.07) is 6.08. The molecular weight excluding hydrogens is 210 g/mol. The third-order valence-corrected chi connectivity index (χ3v) is 2.83. The second kappa shape index (κ2) is 3.92. The van der Waals surface area contributed by atoms with Gasteiger partial charge in [0.25, 0.3) is 5.69 Å². The number of nitro groups is 1. The Morgan fingerprint density at radius 2 is 2.06 bits per heavy atom. The smallest absolute Gasteiger partial charge is 0.311 e. The summed E-state index contributed by atoms with van der Waals surface area (Å²) in [6.45, 7) is 0. The summed E-state index contributed by atoms with van der Waals surface area (Å²) in [4.78, 5) is 21.4. The van der Waals surface area contributed by atoms with E-state index in [9.17, 15) is 14.9 Å². The lowest BCUT2D eigenvalue weighted by atomic mass is 9.93. The van der Waals surface area contributed by atoms with Crippen molar-refractivity contribution >= 4 is 11.7 Å². The van der Waals surface area contributed by atoms with E-state index in [4.69, 9.17) is 5.11 Å². The number of nitrogens with zero attached hydrogens (tertiary/aromatic N) is 1. The summed E-state index contributed by atoms with van der Waals surface area (Å²) >= 11 is 0. The predicted octanol–water partition coefficient (Wildman–Crippen LogP) is 2.17. The van der Waals surface area contributed by atoms with E-state index in [0.717, 1.165) is 12.8 Å². The Morgan fingerprint density at radius 1 is 1.44 bits per heavy atom. The molecule has 0 aromatic heterocycles. The van der Waals surface area contributed by atoms with Crippen LogP contribution in [0.25, 0.3) is 0 Å². The number of para-hydroxylation sites is 1. The standard InChI is InChI=1S/C11H11NO4/c13-11(14)10(7-5-6-7)8-3-1-2-4-9(8)12(15)16/h1-4,7,10H,5-6H2,(H,13,14). The quantitative estimate of drug-likeness (QED) is 0.624. The fraction of sp³-hybridized carbons (Fsp3) is 0.364. The third kappa shape index (κ3) is 1.88. The van der Waals surface area contributed by atoms with Crippen molar-refractivity contribution < 1.29 is 14.8 Å². The Hall–Kier alpha value is -1.91. The number of aliphatic carboxylic acids is 1. The van der Waals surface area contributed by atoms with E-state index >= 15 is 0 Å². The zero-order chi connectivity index (χ0) is 11.7. The maximum absolute atomic E-state index is 11.1. The van der Waals surface area contributed by atoms with Crippen LogP contribution in [0.1, 0.15) is 24.3 Å². The Morgan fingerprint density at radius 3 is 2.56 bits per heavy atom. The summed E-state index contributed by atoms with van der Waals surface area (Å²) in [7, 11) is 0. The molecule has 5 nitrogen and oxygen atoms in total. The molecule has 0 aliphatic heterocycles. The summed E-state index contributed by atoms with van der Waals surface area (Å²) in [5, 5.41) is 19.9. The van der Waals surface area contributed by atoms with E-state index < -0.39 is 16.8 Å². The van der Waals surface area contributed by atoms with Gasteiger partial charge in [-0.15, -0.1) is 0 Å². The molecule has 2 rings (SSSR count). The fourth-order valence-electron chi connectivity index (χ4n) is 1.93. The lowest BCUT2D eigenvalue weighted by molar-refractivity contribution is -0.385. The van der Waals surface area contributed by atoms with Gasteiger partial charge in [0.05, 0.1) is 10.8 Å². The lowest BCUT2D eigenvalue weighted by Crippen LogP contribution is -2.15. The van der Waals surface area contributed by atoms with Crippen molar-refractivity contribution in [3.8, 4) is 0 Å². The molecule has 0 saturated heterocycles. The zero-order valence-corrected chi connectivity index (χ0v) is 8.50. The zero-order valence-electron chi connectivity index (χ0n) is 8.50. The molecule has 0 amide bonds. The molecule has 1 aromatic rings. The first-order valence-corrected chi connectivity index (χ1v) is 5.07. The molecule has 1 saturated carbocycles. The molecule has 0 spiro atoms. The molecule has 1 unspecified atom stereocenters. The number of carboxylic acid groups (broad SMARTS) is 1. The van der Waals surface area contributed by atoms with Gasteiger partial charge in [-0.05, 0) is 18.8 Å². The van der Waals surface area contributed by atoms with Gasteiger partial charge in [0, 0.05) is 11.6 Å². The van der Waals surface area contributed by atoms with Crippen LogP contribution >= 0.6 is 0 Å². The van der Waals surface area contributed by atoms with Crippen molar-refractivity contribution in [3.05, 3.63) is 39.9 Å². The molecule has 1 aromatic carbocycles. The minimum Gasteiger partial charge on any atom is -0.481 e. The number of carbonyl (C=O) groups is 1. The van der Waals surface area contributed by atoms with Crippen molar-refractivity contribution in [2.24, 2.45) is 5.92 Å². The molecule has 1 atom stereocenters. The molecule has 0 heterocycles. The average molecular weight is 221 g/mol. The van der Waals surface area contributed by atoms with Crippen LogP contribution in [0.4, 0.5) is 5.69 Å². The molecule has 84 valence electrons. The number of carboxylic acids is 1. The maximum atomic E-state index is 11.1. The van der Waals surface area contributed by atoms with Crippen molar-refractivity contribution in [2.75, 3.05) is 0 Å². The summed E-state index contributed by atoms with van der Waals surface area (Å²) in [5.74, 6) is -1.66. The van der Waals surface area contributed by atoms with Gasteiger partial charge in [-0.1, -0.05) is 18.2 Å². The van der Waals surface area contributed by atoms with E-state index in [1.54, 1.807) is 12.1 Å². The van der Waals surface area contributed by atoms with Crippen LogP contribution in [-0.2, 0) is 4.79 Å². The van der Waals surface area contributed by atoms with Crippen LogP contribution in [0.3, 0.4) is 0 Å². The molecule has 16 heavy (non-hydrogen) atoms. The Kier molecular flexibility index (Phi) is 2.60. The molecule has 1 aliphatic carbocycles. The monoisotopic (exact) mass is 221 g/mol. The number of hydrogen-bond donors (Lipinski definition) is 1. The van der Waals surface area contributed by atoms with Crippen LogP contribution < -0.4 is 0 Å². The minimum absolute atomic E-state index is 0.0543. The first-order chi connectivity index (χ1) is 7.61. The van der Waals surface area contributed by atoms with Crippen LogP contribution in [0.5, 0.6) is 0 Å². The molecule has 0 radical (unpaired) electrons. The Bertz CT molecular complexity index is 439. The number of hydrogen-bond acceptors (Lipinski definition) is 3. The van der Waals surface area contributed by atoms with Gasteiger partial charge in [0.1, 0.15) is 0 Å². The van der Waals surface area contributed by atoms with Gasteiger partial charge >= 0.3 is 5.97 Å². The topological polar surface area (TPSA) is 80.4 Å². The highest BCUT2D eigenvalue weighted by atomic mass is 16.6. The van der Waals surface area contributed by atoms with Crippen molar-refractivity contribution in [2.45, 2.75) is 18.8 Å². The van der Waals surface area contributed by atoms with Gasteiger partial charge in [0.15, 0.2) is 0 Å². The van der Waals surface area contributed by atoms with Crippen molar-refractivity contribution in [3.63, 3.8) is 0 Å². The number of benzene rings is 1. The molecule has 1 N–H and O–H groups in total. The predicted molar refractivity (Wildman–Crippen MR) is 56.2 cm³/mol. The largest absolute Gasteiger partial charge is 0.481 e. The summed E-state index contributed by atoms with van der Waals surface area (Å²) < 4.78 is 0. The van der Waals surface area contributed by atoms with Gasteiger partial charge in [0.2, 0.25) is 0 Å². The van der Waals surface area contributed by atoms with Gasteiger partial charge in [-0.3, -0.25) is 14.9 Å². The average Bonchev–Trinajstić information content (AvgIpc) is 3.02. The Labute approximate surface area is 91.9 Å². The third-order valence-electron chi connectivity index (χ3n) is 2.83. The first-order valence-electron chi connectivity index (χ1n) is 5.07. The van der Waals surface area contributed by atoms with Crippen molar-refractivity contribution in [1.29, 1.82) is 0 Å². The van der Waals surface area contributed by atoms with E-state index in [-0.39, 0.29) is 11.6 Å². The Balaban J connectivity index is 2.44. The van der Waals surface area contributed by atoms with Crippen LogP contribution in [-0.4, -0.2) is 16.0 Å². The molecule has 0 bridgehead atoms. The fourth-order valence-corrected chi connectivity index (χ4v) is 1.93. The molecule has 1 fully saturated rings. The van der Waals surface area contributed by atoms with E-state index in [0.29, 0.717) is 5.56 Å². The second-order valence-electron chi connectivity index (χ2n) is 3.97. The lowest BCUT2D eigenvalue weighted by Gasteiger charge is -2.11. The van der Waals surface area contributed by atoms with Crippen LogP contribution in [0.15, 0.2) is 24.3 Å². The first kappa shape index (κ1) is 10.6. The summed E-state index contributed by atoms with van der Waals surface area (Å²) in [6.07, 6.45) is 1.67. The highest BCUT2D eigenvalue weighted by molar-refractivity contribution is 5.78. The molecule has 1 aliphatic rings. The highest BCUT2D eigenvalue weighted by Gasteiger charge is 2.40. The SMILES string of the molecule is O=C(O)C(c1ccccc1[N+](=O)[O-])C1CC1. The molecule has 5 heteroatoms. The second-order valence-corrected chi connectivity index (χ2v) is 3.97. The van der Waals surface area contributed by atoms with Crippen LogP contribution in [0, 0.1) is 16.0 Å².